The smallest absolute Gasteiger partial charge is 0.227 e. The van der Waals surface area contributed by atoms with Crippen LogP contribution in [0.3, 0.4) is 0 Å². The zero-order chi connectivity index (χ0) is 14.7. The number of carbonyl (C=O) groups is 1. The van der Waals surface area contributed by atoms with E-state index in [9.17, 15) is 4.79 Å². The summed E-state index contributed by atoms with van der Waals surface area (Å²) in [7, 11) is 1.82. The first-order valence-electron chi connectivity index (χ1n) is 6.77. The highest BCUT2D eigenvalue weighted by molar-refractivity contribution is 5.82. The number of pyridine rings is 1. The molecule has 0 saturated heterocycles. The van der Waals surface area contributed by atoms with Crippen molar-refractivity contribution < 1.29 is 4.79 Å². The monoisotopic (exact) mass is 280 g/mol. The van der Waals surface area contributed by atoms with Gasteiger partial charge in [0.05, 0.1) is 18.1 Å². The maximum absolute atomic E-state index is 12.3. The minimum atomic E-state index is 0.0886. The molecule has 0 radical (unpaired) electrons. The predicted molar refractivity (Wildman–Crippen MR) is 80.5 cm³/mol. The minimum absolute atomic E-state index is 0.0886. The second-order valence-corrected chi connectivity index (χ2v) is 5.07. The summed E-state index contributed by atoms with van der Waals surface area (Å²) in [6.45, 7) is 0.591. The molecule has 1 aromatic carbocycles. The van der Waals surface area contributed by atoms with Crippen LogP contribution in [0.15, 0.2) is 48.9 Å². The molecular formula is C16H16N4O. The van der Waals surface area contributed by atoms with Crippen molar-refractivity contribution >= 4 is 16.8 Å². The summed E-state index contributed by atoms with van der Waals surface area (Å²) in [5.41, 5.74) is 3.01. The van der Waals surface area contributed by atoms with Crippen molar-refractivity contribution in [1.29, 1.82) is 0 Å². The molecule has 0 fully saturated rings. The molecule has 5 nitrogen and oxygen atoms in total. The third-order valence-corrected chi connectivity index (χ3v) is 3.46. The van der Waals surface area contributed by atoms with Crippen LogP contribution in [-0.4, -0.2) is 33.0 Å². The van der Waals surface area contributed by atoms with Gasteiger partial charge in [-0.2, -0.15) is 5.10 Å². The van der Waals surface area contributed by atoms with Crippen molar-refractivity contribution in [2.24, 2.45) is 0 Å². The van der Waals surface area contributed by atoms with Crippen LogP contribution in [0.1, 0.15) is 11.1 Å². The van der Waals surface area contributed by atoms with Gasteiger partial charge >= 0.3 is 0 Å². The fourth-order valence-electron chi connectivity index (χ4n) is 2.25. The molecule has 106 valence electrons. The van der Waals surface area contributed by atoms with Gasteiger partial charge in [0, 0.05) is 31.4 Å². The SMILES string of the molecule is CN(Cc1ccncc1)C(=O)Cc1ccc2cn[nH]c2c1. The highest BCUT2D eigenvalue weighted by atomic mass is 16.2. The zero-order valence-electron chi connectivity index (χ0n) is 11.8. The molecule has 0 aliphatic heterocycles. The Morgan fingerprint density at radius 1 is 1.19 bits per heavy atom. The number of H-pyrrole nitrogens is 1. The number of nitrogens with zero attached hydrogens (tertiary/aromatic N) is 3. The molecule has 5 heteroatoms. The summed E-state index contributed by atoms with van der Waals surface area (Å²) in [5.74, 6) is 0.0886. The van der Waals surface area contributed by atoms with Gasteiger partial charge in [-0.1, -0.05) is 12.1 Å². The van der Waals surface area contributed by atoms with Gasteiger partial charge in [-0.15, -0.1) is 0 Å². The number of benzene rings is 1. The Bertz CT molecular complexity index is 751. The van der Waals surface area contributed by atoms with Crippen molar-refractivity contribution in [3.8, 4) is 0 Å². The predicted octanol–water partition coefficient (Wildman–Crippen LogP) is 2.16. The van der Waals surface area contributed by atoms with E-state index in [0.29, 0.717) is 13.0 Å². The molecule has 0 saturated carbocycles. The zero-order valence-corrected chi connectivity index (χ0v) is 11.8. The fourth-order valence-corrected chi connectivity index (χ4v) is 2.25. The van der Waals surface area contributed by atoms with Crippen LogP contribution in [0.25, 0.3) is 10.9 Å². The first kappa shape index (κ1) is 13.3. The van der Waals surface area contributed by atoms with Crippen LogP contribution in [0, 0.1) is 0 Å². The number of aromatic nitrogens is 3. The number of amides is 1. The number of fused-ring (bicyclic) bond motifs is 1. The van der Waals surface area contributed by atoms with Crippen LogP contribution in [0.2, 0.25) is 0 Å². The van der Waals surface area contributed by atoms with Gasteiger partial charge in [-0.05, 0) is 29.3 Å². The van der Waals surface area contributed by atoms with Crippen molar-refractivity contribution in [2.75, 3.05) is 7.05 Å². The number of nitrogens with one attached hydrogen (secondary N) is 1. The number of likely N-dealkylation sites (N-methyl/N-ethyl adjacent to an activating group) is 1. The summed E-state index contributed by atoms with van der Waals surface area (Å²) >= 11 is 0. The molecule has 21 heavy (non-hydrogen) atoms. The second kappa shape index (κ2) is 5.75. The Balaban J connectivity index is 1.67. The fraction of sp³-hybridized carbons (Fsp3) is 0.188. The lowest BCUT2D eigenvalue weighted by atomic mass is 10.1. The Labute approximate surface area is 122 Å². The quantitative estimate of drug-likeness (QED) is 0.796. The number of carbonyl (C=O) groups excluding carboxylic acids is 1. The average molecular weight is 280 g/mol. The Morgan fingerprint density at radius 2 is 2.00 bits per heavy atom. The standard InChI is InChI=1S/C16H16N4O/c1-20(11-12-4-6-17-7-5-12)16(21)9-13-2-3-14-10-18-19-15(14)8-13/h2-8,10H,9,11H2,1H3,(H,18,19). The lowest BCUT2D eigenvalue weighted by molar-refractivity contribution is -0.129. The van der Waals surface area contributed by atoms with Gasteiger partial charge in [0.1, 0.15) is 0 Å². The highest BCUT2D eigenvalue weighted by Gasteiger charge is 2.10. The third-order valence-electron chi connectivity index (χ3n) is 3.46. The van der Waals surface area contributed by atoms with Gasteiger partial charge in [0.25, 0.3) is 0 Å². The van der Waals surface area contributed by atoms with Crippen LogP contribution in [-0.2, 0) is 17.8 Å². The third kappa shape index (κ3) is 3.08. The summed E-state index contributed by atoms with van der Waals surface area (Å²) < 4.78 is 0. The molecule has 3 aromatic rings. The van der Waals surface area contributed by atoms with E-state index < -0.39 is 0 Å². The van der Waals surface area contributed by atoms with Gasteiger partial charge < -0.3 is 4.90 Å². The molecule has 2 heterocycles. The van der Waals surface area contributed by atoms with E-state index in [1.807, 2.05) is 37.4 Å². The molecule has 0 aliphatic rings. The van der Waals surface area contributed by atoms with Gasteiger partial charge in [0.2, 0.25) is 5.91 Å². The number of hydrogen-bond acceptors (Lipinski definition) is 3. The number of aromatic amines is 1. The molecule has 1 amide bonds. The molecule has 2 aromatic heterocycles. The van der Waals surface area contributed by atoms with E-state index in [0.717, 1.165) is 22.0 Å². The minimum Gasteiger partial charge on any atom is -0.341 e. The Morgan fingerprint density at radius 3 is 2.81 bits per heavy atom. The van der Waals surface area contributed by atoms with Crippen LogP contribution in [0.4, 0.5) is 0 Å². The summed E-state index contributed by atoms with van der Waals surface area (Å²) in [5, 5.41) is 7.96. The molecule has 0 aliphatic carbocycles. The average Bonchev–Trinajstić information content (AvgIpc) is 2.95. The van der Waals surface area contributed by atoms with Crippen molar-refractivity contribution in [1.82, 2.24) is 20.1 Å². The second-order valence-electron chi connectivity index (χ2n) is 5.07. The first-order chi connectivity index (χ1) is 10.2. The number of hydrogen-bond donors (Lipinski definition) is 1. The Kier molecular flexibility index (Phi) is 3.64. The first-order valence-corrected chi connectivity index (χ1v) is 6.77. The number of rotatable bonds is 4. The maximum atomic E-state index is 12.3. The molecule has 0 atom stereocenters. The molecule has 1 N–H and O–H groups in total. The lowest BCUT2D eigenvalue weighted by Gasteiger charge is -2.17. The summed E-state index contributed by atoms with van der Waals surface area (Å²) in [4.78, 5) is 18.0. The maximum Gasteiger partial charge on any atom is 0.227 e. The van der Waals surface area contributed by atoms with Gasteiger partial charge in [-0.3, -0.25) is 14.9 Å². The van der Waals surface area contributed by atoms with Crippen molar-refractivity contribution in [3.63, 3.8) is 0 Å². The van der Waals surface area contributed by atoms with Crippen LogP contribution >= 0.6 is 0 Å². The highest BCUT2D eigenvalue weighted by Crippen LogP contribution is 2.14. The van der Waals surface area contributed by atoms with Gasteiger partial charge in [-0.25, -0.2) is 0 Å². The Hall–Kier alpha value is -2.69. The van der Waals surface area contributed by atoms with E-state index in [-0.39, 0.29) is 5.91 Å². The van der Waals surface area contributed by atoms with Crippen LogP contribution < -0.4 is 0 Å². The van der Waals surface area contributed by atoms with E-state index >= 15 is 0 Å². The van der Waals surface area contributed by atoms with E-state index in [1.54, 1.807) is 23.5 Å². The van der Waals surface area contributed by atoms with Gasteiger partial charge in [0.15, 0.2) is 0 Å². The van der Waals surface area contributed by atoms with E-state index in [1.165, 1.54) is 0 Å². The van der Waals surface area contributed by atoms with Crippen LogP contribution in [0.5, 0.6) is 0 Å². The summed E-state index contributed by atoms with van der Waals surface area (Å²) in [6, 6.07) is 9.75. The lowest BCUT2D eigenvalue weighted by Crippen LogP contribution is -2.27. The molecule has 0 unspecified atom stereocenters. The molecule has 0 bridgehead atoms. The largest absolute Gasteiger partial charge is 0.341 e. The topological polar surface area (TPSA) is 61.9 Å². The van der Waals surface area contributed by atoms with Crippen molar-refractivity contribution in [2.45, 2.75) is 13.0 Å². The van der Waals surface area contributed by atoms with E-state index in [4.69, 9.17) is 0 Å². The molecular weight excluding hydrogens is 264 g/mol. The molecule has 0 spiro atoms. The normalized spacial score (nSPS) is 10.7. The van der Waals surface area contributed by atoms with E-state index in [2.05, 4.69) is 15.2 Å². The van der Waals surface area contributed by atoms with Crippen molar-refractivity contribution in [3.05, 3.63) is 60.0 Å². The summed E-state index contributed by atoms with van der Waals surface area (Å²) in [6.07, 6.45) is 5.63. The molecule has 3 rings (SSSR count).